The Bertz CT molecular complexity index is 481. The van der Waals surface area contributed by atoms with Crippen LogP contribution in [0.2, 0.25) is 0 Å². The smallest absolute Gasteiger partial charge is 0.341 e. The number of aromatic hydroxyl groups is 1. The molecule has 17 heavy (non-hydrogen) atoms. The van der Waals surface area contributed by atoms with Gasteiger partial charge in [-0.25, -0.2) is 4.79 Å². The van der Waals surface area contributed by atoms with Gasteiger partial charge in [-0.15, -0.1) is 6.58 Å². The lowest BCUT2D eigenvalue weighted by Crippen LogP contribution is -2.04. The molecule has 6 heteroatoms. The molecule has 0 aliphatic heterocycles. The minimum atomic E-state index is -0.823. The van der Waals surface area contributed by atoms with Crippen LogP contribution in [0.5, 0.6) is 5.75 Å². The second-order valence-electron chi connectivity index (χ2n) is 3.24. The van der Waals surface area contributed by atoms with Crippen LogP contribution in [0.25, 0.3) is 0 Å². The molecule has 0 fully saturated rings. The molecule has 0 radical (unpaired) electrons. The molecule has 0 unspecified atom stereocenters. The molecule has 0 aliphatic carbocycles. The van der Waals surface area contributed by atoms with Crippen LogP contribution in [0.4, 0.5) is 5.69 Å². The highest BCUT2D eigenvalue weighted by atomic mass is 16.6. The topological polar surface area (TPSA) is 89.7 Å². The molecule has 0 atom stereocenters. The quantitative estimate of drug-likeness (QED) is 0.373. The number of hydrogen-bond donors (Lipinski definition) is 1. The number of carbonyl (C=O) groups is 1. The molecule has 0 spiro atoms. The van der Waals surface area contributed by atoms with Gasteiger partial charge in [-0.05, 0) is 6.42 Å². The van der Waals surface area contributed by atoms with Crippen LogP contribution in [0.1, 0.15) is 15.9 Å². The molecule has 1 rings (SSSR count). The van der Waals surface area contributed by atoms with Gasteiger partial charge < -0.3 is 9.84 Å². The summed E-state index contributed by atoms with van der Waals surface area (Å²) in [7, 11) is 1.13. The van der Waals surface area contributed by atoms with Gasteiger partial charge in [-0.1, -0.05) is 6.08 Å². The normalized spacial score (nSPS) is 9.71. The average molecular weight is 237 g/mol. The van der Waals surface area contributed by atoms with E-state index in [-0.39, 0.29) is 29.0 Å². The highest BCUT2D eigenvalue weighted by molar-refractivity contribution is 5.93. The Kier molecular flexibility index (Phi) is 3.82. The van der Waals surface area contributed by atoms with E-state index >= 15 is 0 Å². The van der Waals surface area contributed by atoms with Crippen molar-refractivity contribution >= 4 is 11.7 Å². The lowest BCUT2D eigenvalue weighted by Gasteiger charge is -2.07. The number of allylic oxidation sites excluding steroid dienone is 1. The van der Waals surface area contributed by atoms with E-state index < -0.39 is 10.9 Å². The number of hydrogen-bond acceptors (Lipinski definition) is 5. The Morgan fingerprint density at radius 3 is 2.76 bits per heavy atom. The van der Waals surface area contributed by atoms with Crippen LogP contribution in [0.15, 0.2) is 24.8 Å². The van der Waals surface area contributed by atoms with Crippen molar-refractivity contribution in [3.8, 4) is 5.75 Å². The number of nitrogens with zero attached hydrogens (tertiary/aromatic N) is 1. The summed E-state index contributed by atoms with van der Waals surface area (Å²) >= 11 is 0. The zero-order valence-corrected chi connectivity index (χ0v) is 9.17. The zero-order chi connectivity index (χ0) is 13.0. The fraction of sp³-hybridized carbons (Fsp3) is 0.182. The second kappa shape index (κ2) is 5.11. The van der Waals surface area contributed by atoms with Crippen molar-refractivity contribution in [1.82, 2.24) is 0 Å². The number of benzene rings is 1. The summed E-state index contributed by atoms with van der Waals surface area (Å²) < 4.78 is 4.44. The Hall–Kier alpha value is -2.37. The number of nitro benzene ring substituents is 1. The maximum Gasteiger partial charge on any atom is 0.341 e. The Morgan fingerprint density at radius 2 is 2.29 bits per heavy atom. The number of ether oxygens (including phenoxy) is 1. The van der Waals surface area contributed by atoms with Crippen LogP contribution < -0.4 is 0 Å². The van der Waals surface area contributed by atoms with E-state index in [1.54, 1.807) is 0 Å². The van der Waals surface area contributed by atoms with Gasteiger partial charge in [0, 0.05) is 17.7 Å². The number of rotatable bonds is 4. The molecule has 0 saturated heterocycles. The molecule has 0 heterocycles. The van der Waals surface area contributed by atoms with Crippen LogP contribution in [0, 0.1) is 10.1 Å². The first-order chi connectivity index (χ1) is 8.01. The maximum atomic E-state index is 11.3. The van der Waals surface area contributed by atoms with Gasteiger partial charge in [0.2, 0.25) is 0 Å². The van der Waals surface area contributed by atoms with Crippen molar-refractivity contribution in [2.24, 2.45) is 0 Å². The molecule has 90 valence electrons. The summed E-state index contributed by atoms with van der Waals surface area (Å²) in [6.45, 7) is 3.47. The minimum Gasteiger partial charge on any atom is -0.507 e. The monoisotopic (exact) mass is 237 g/mol. The zero-order valence-electron chi connectivity index (χ0n) is 9.17. The van der Waals surface area contributed by atoms with Crippen molar-refractivity contribution in [3.63, 3.8) is 0 Å². The second-order valence-corrected chi connectivity index (χ2v) is 3.24. The first kappa shape index (κ1) is 12.7. The summed E-state index contributed by atoms with van der Waals surface area (Å²) in [5, 5.41) is 20.4. The van der Waals surface area contributed by atoms with E-state index in [0.717, 1.165) is 13.2 Å². The van der Waals surface area contributed by atoms with Crippen molar-refractivity contribution in [1.29, 1.82) is 0 Å². The number of methoxy groups -OCH3 is 1. The third-order valence-electron chi connectivity index (χ3n) is 2.15. The van der Waals surface area contributed by atoms with E-state index in [2.05, 4.69) is 11.3 Å². The number of carbonyl (C=O) groups excluding carboxylic acids is 1. The molecule has 0 amide bonds. The standard InChI is InChI=1S/C11H11NO5/c1-3-4-7-5-8(12(15)16)6-9(10(7)13)11(14)17-2/h3,5-6,13H,1,4H2,2H3. The molecular weight excluding hydrogens is 226 g/mol. The lowest BCUT2D eigenvalue weighted by molar-refractivity contribution is -0.385. The first-order valence-corrected chi connectivity index (χ1v) is 4.70. The van der Waals surface area contributed by atoms with E-state index in [1.807, 2.05) is 0 Å². The minimum absolute atomic E-state index is 0.220. The third-order valence-corrected chi connectivity index (χ3v) is 2.15. The fourth-order valence-corrected chi connectivity index (χ4v) is 1.36. The van der Waals surface area contributed by atoms with Gasteiger partial charge in [-0.3, -0.25) is 10.1 Å². The van der Waals surface area contributed by atoms with E-state index in [0.29, 0.717) is 0 Å². The Labute approximate surface area is 97.3 Å². The number of esters is 1. The van der Waals surface area contributed by atoms with Gasteiger partial charge in [0.25, 0.3) is 5.69 Å². The molecule has 1 aromatic carbocycles. The van der Waals surface area contributed by atoms with Crippen LogP contribution in [-0.4, -0.2) is 23.1 Å². The van der Waals surface area contributed by atoms with E-state index in [4.69, 9.17) is 0 Å². The number of nitro groups is 1. The molecule has 1 N–H and O–H groups in total. The molecule has 0 aromatic heterocycles. The SMILES string of the molecule is C=CCc1cc([N+](=O)[O-])cc(C(=O)OC)c1O. The van der Waals surface area contributed by atoms with Crippen LogP contribution in [-0.2, 0) is 11.2 Å². The molecular formula is C11H11NO5. The fourth-order valence-electron chi connectivity index (χ4n) is 1.36. The van der Waals surface area contributed by atoms with Gasteiger partial charge in [0.15, 0.2) is 0 Å². The van der Waals surface area contributed by atoms with Crippen molar-refractivity contribution in [2.75, 3.05) is 7.11 Å². The third kappa shape index (κ3) is 2.60. The van der Waals surface area contributed by atoms with Gasteiger partial charge in [0.1, 0.15) is 11.3 Å². The number of phenols is 1. The summed E-state index contributed by atoms with van der Waals surface area (Å²) in [6.07, 6.45) is 1.69. The predicted octanol–water partition coefficient (Wildman–Crippen LogP) is 1.82. The van der Waals surface area contributed by atoms with Crippen molar-refractivity contribution in [3.05, 3.63) is 46.0 Å². The van der Waals surface area contributed by atoms with Crippen molar-refractivity contribution in [2.45, 2.75) is 6.42 Å². The molecule has 6 nitrogen and oxygen atoms in total. The highest BCUT2D eigenvalue weighted by Gasteiger charge is 2.20. The van der Waals surface area contributed by atoms with Crippen molar-refractivity contribution < 1.29 is 19.6 Å². The highest BCUT2D eigenvalue weighted by Crippen LogP contribution is 2.29. The van der Waals surface area contributed by atoms with Crippen LogP contribution >= 0.6 is 0 Å². The predicted molar refractivity (Wildman–Crippen MR) is 60.0 cm³/mol. The molecule has 0 bridgehead atoms. The summed E-state index contributed by atoms with van der Waals surface area (Å²) in [5.74, 6) is -1.14. The van der Waals surface area contributed by atoms with E-state index in [9.17, 15) is 20.0 Å². The van der Waals surface area contributed by atoms with Crippen LogP contribution in [0.3, 0.4) is 0 Å². The average Bonchev–Trinajstić information content (AvgIpc) is 2.30. The first-order valence-electron chi connectivity index (χ1n) is 4.70. The molecule has 0 aliphatic rings. The summed E-state index contributed by atoms with van der Waals surface area (Å²) in [6, 6.07) is 2.18. The Morgan fingerprint density at radius 1 is 1.65 bits per heavy atom. The number of phenolic OH excluding ortho intramolecular Hbond substituents is 1. The Balaban J connectivity index is 3.42. The summed E-state index contributed by atoms with van der Waals surface area (Å²) in [5.41, 5.74) is -0.242. The van der Waals surface area contributed by atoms with Gasteiger partial charge in [-0.2, -0.15) is 0 Å². The van der Waals surface area contributed by atoms with E-state index in [1.165, 1.54) is 12.1 Å². The summed E-state index contributed by atoms with van der Waals surface area (Å²) in [4.78, 5) is 21.4. The maximum absolute atomic E-state index is 11.3. The number of non-ortho nitro benzene ring substituents is 1. The van der Waals surface area contributed by atoms with Gasteiger partial charge >= 0.3 is 5.97 Å². The molecule has 1 aromatic rings. The van der Waals surface area contributed by atoms with Gasteiger partial charge in [0.05, 0.1) is 12.0 Å². The largest absolute Gasteiger partial charge is 0.507 e. The molecule has 0 saturated carbocycles. The lowest BCUT2D eigenvalue weighted by atomic mass is 10.0.